The van der Waals surface area contributed by atoms with Crippen molar-refractivity contribution in [2.75, 3.05) is 13.1 Å². The molecule has 0 unspecified atom stereocenters. The van der Waals surface area contributed by atoms with Crippen molar-refractivity contribution in [1.82, 2.24) is 10.5 Å². The second kappa shape index (κ2) is 14.1. The molecule has 0 aliphatic carbocycles. The maximum atomic E-state index is 11.8. The van der Waals surface area contributed by atoms with Crippen LogP contribution in [0.1, 0.15) is 38.5 Å². The van der Waals surface area contributed by atoms with Crippen LogP contribution in [0, 0.1) is 15.5 Å². The summed E-state index contributed by atoms with van der Waals surface area (Å²) in [5.74, 6) is 0. The van der Waals surface area contributed by atoms with Crippen molar-refractivity contribution in [1.29, 1.82) is 5.41 Å². The van der Waals surface area contributed by atoms with E-state index in [0.29, 0.717) is 65.4 Å². The van der Waals surface area contributed by atoms with Gasteiger partial charge in [0.15, 0.2) is 0 Å². The molecule has 25 heavy (non-hydrogen) atoms. The van der Waals surface area contributed by atoms with Crippen molar-refractivity contribution in [3.63, 3.8) is 0 Å². The summed E-state index contributed by atoms with van der Waals surface area (Å²) in [6.07, 6.45) is 4.72. The quantitative estimate of drug-likeness (QED) is 0.0623. The number of hydrogen-bond acceptors (Lipinski definition) is 8. The van der Waals surface area contributed by atoms with Gasteiger partial charge >= 0.3 is 21.6 Å². The molecular weight excluding hydrogens is 325 g/mol. The number of nitrogens with zero attached hydrogens (tertiary/aromatic N) is 1. The van der Waals surface area contributed by atoms with Gasteiger partial charge in [-0.2, -0.15) is 0 Å². The van der Waals surface area contributed by atoms with E-state index in [1.54, 1.807) is 13.6 Å². The highest BCUT2D eigenvalue weighted by atomic mass is 16.6. The van der Waals surface area contributed by atoms with Crippen LogP contribution in [-0.4, -0.2) is 61.6 Å². The van der Waals surface area contributed by atoms with Crippen LogP contribution in [0.25, 0.3) is 0 Å². The lowest BCUT2D eigenvalue weighted by atomic mass is 9.80. The average Bonchev–Trinajstić information content (AvgIpc) is 2.53. The van der Waals surface area contributed by atoms with Crippen LogP contribution >= 0.6 is 0 Å². The van der Waals surface area contributed by atoms with Crippen molar-refractivity contribution < 1.29 is 19.6 Å². The Hall–Kier alpha value is -1.10. The van der Waals surface area contributed by atoms with Gasteiger partial charge in [0.2, 0.25) is 5.54 Å². The minimum atomic E-state index is -1.01. The largest absolute Gasteiger partial charge is 0.557 e. The number of nitrogens with one attached hydrogen (secondary N) is 3. The average molecular weight is 356 g/mol. The molecule has 0 atom stereocenters. The first-order chi connectivity index (χ1) is 11.8. The Bertz CT molecular complexity index is 362. The molecule has 0 heterocycles. The van der Waals surface area contributed by atoms with Crippen LogP contribution in [-0.2, 0) is 4.65 Å². The van der Waals surface area contributed by atoms with Gasteiger partial charge in [0.05, 0.1) is 0 Å². The number of nitro groups is 1. The first-order valence-corrected chi connectivity index (χ1v) is 8.92. The zero-order valence-corrected chi connectivity index (χ0v) is 15.4. The summed E-state index contributed by atoms with van der Waals surface area (Å²) in [7, 11) is -0.859. The SMILES string of the molecule is CB(O)NCCCC(CCCBOC=N)(CCCNB(C)O)[N+](=O)[O-]. The summed E-state index contributed by atoms with van der Waals surface area (Å²) in [5.41, 5.74) is -1.01. The topological polar surface area (TPSA) is 141 Å². The van der Waals surface area contributed by atoms with Crippen LogP contribution in [0.15, 0.2) is 0 Å². The monoisotopic (exact) mass is 356 g/mol. The molecule has 0 amide bonds. The van der Waals surface area contributed by atoms with Crippen molar-refractivity contribution in [3.05, 3.63) is 10.1 Å². The van der Waals surface area contributed by atoms with Gasteiger partial charge in [-0.1, -0.05) is 0 Å². The fourth-order valence-electron chi connectivity index (χ4n) is 2.80. The van der Waals surface area contributed by atoms with Crippen LogP contribution < -0.4 is 10.5 Å². The Morgan fingerprint density at radius 1 is 1.16 bits per heavy atom. The van der Waals surface area contributed by atoms with E-state index < -0.39 is 19.6 Å². The highest BCUT2D eigenvalue weighted by Gasteiger charge is 2.40. The van der Waals surface area contributed by atoms with Crippen LogP contribution in [0.3, 0.4) is 0 Å². The van der Waals surface area contributed by atoms with Gasteiger partial charge in [-0.3, -0.25) is 15.5 Å². The molecule has 142 valence electrons. The van der Waals surface area contributed by atoms with Crippen LogP contribution in [0.4, 0.5) is 0 Å². The van der Waals surface area contributed by atoms with Crippen molar-refractivity contribution in [2.24, 2.45) is 0 Å². The molecule has 0 saturated heterocycles. The Balaban J connectivity index is 4.62. The van der Waals surface area contributed by atoms with Crippen molar-refractivity contribution in [3.8, 4) is 0 Å². The lowest BCUT2D eigenvalue weighted by Crippen LogP contribution is -2.41. The molecule has 0 aromatic heterocycles. The molecule has 0 rings (SSSR count). The minimum Gasteiger partial charge on any atom is -0.557 e. The molecule has 0 aromatic carbocycles. The van der Waals surface area contributed by atoms with E-state index in [0.717, 1.165) is 6.40 Å². The second-order valence-electron chi connectivity index (χ2n) is 6.39. The van der Waals surface area contributed by atoms with Gasteiger partial charge < -0.3 is 25.2 Å². The summed E-state index contributed by atoms with van der Waals surface area (Å²) >= 11 is 0. The van der Waals surface area contributed by atoms with Gasteiger partial charge in [-0.15, -0.1) is 0 Å². The minimum absolute atomic E-state index is 0.171. The third kappa shape index (κ3) is 12.0. The zero-order chi connectivity index (χ0) is 19.1. The molecule has 9 nitrogen and oxygen atoms in total. The van der Waals surface area contributed by atoms with Crippen LogP contribution in [0.5, 0.6) is 0 Å². The molecule has 0 saturated carbocycles. The van der Waals surface area contributed by atoms with E-state index in [1.165, 1.54) is 0 Å². The summed E-state index contributed by atoms with van der Waals surface area (Å²) in [6, 6.07) is 0. The molecule has 0 fully saturated rings. The second-order valence-corrected chi connectivity index (χ2v) is 6.39. The van der Waals surface area contributed by atoms with Gasteiger partial charge in [0, 0.05) is 24.2 Å². The molecule has 0 aromatic rings. The predicted octanol–water partition coefficient (Wildman–Crippen LogP) is 0.136. The van der Waals surface area contributed by atoms with E-state index in [9.17, 15) is 20.2 Å². The lowest BCUT2D eigenvalue weighted by Gasteiger charge is -2.26. The molecule has 5 N–H and O–H groups in total. The first kappa shape index (κ1) is 23.9. The molecular formula is C13H31B3N4O5. The molecule has 0 radical (unpaired) electrons. The Labute approximate surface area is 151 Å². The van der Waals surface area contributed by atoms with E-state index in [1.807, 2.05) is 0 Å². The van der Waals surface area contributed by atoms with Crippen molar-refractivity contribution >= 4 is 28.0 Å². The maximum Gasteiger partial charge on any atom is 0.373 e. The third-order valence-corrected chi connectivity index (χ3v) is 4.14. The van der Waals surface area contributed by atoms with Crippen LogP contribution in [0.2, 0.25) is 20.0 Å². The normalized spacial score (nSPS) is 11.0. The molecule has 0 aliphatic heterocycles. The third-order valence-electron chi connectivity index (χ3n) is 4.14. The molecule has 0 aliphatic rings. The zero-order valence-electron chi connectivity index (χ0n) is 15.4. The molecule has 12 heteroatoms. The van der Waals surface area contributed by atoms with Gasteiger partial charge in [0.1, 0.15) is 6.40 Å². The predicted molar refractivity (Wildman–Crippen MR) is 103 cm³/mol. The Morgan fingerprint density at radius 3 is 2.04 bits per heavy atom. The van der Waals surface area contributed by atoms with Gasteiger partial charge in [-0.25, -0.2) is 0 Å². The first-order valence-electron chi connectivity index (χ1n) is 8.92. The summed E-state index contributed by atoms with van der Waals surface area (Å²) in [5, 5.41) is 42.8. The number of hydrogen-bond donors (Lipinski definition) is 5. The summed E-state index contributed by atoms with van der Waals surface area (Å²) in [6.45, 7) is 4.28. The highest BCUT2D eigenvalue weighted by Crippen LogP contribution is 2.29. The number of rotatable bonds is 17. The van der Waals surface area contributed by atoms with E-state index in [2.05, 4.69) is 10.5 Å². The fourth-order valence-corrected chi connectivity index (χ4v) is 2.80. The Morgan fingerprint density at radius 2 is 1.64 bits per heavy atom. The van der Waals surface area contributed by atoms with E-state index >= 15 is 0 Å². The van der Waals surface area contributed by atoms with E-state index in [4.69, 9.17) is 10.1 Å². The molecule has 0 spiro atoms. The van der Waals surface area contributed by atoms with Gasteiger partial charge in [-0.05, 0) is 52.3 Å². The Kier molecular flexibility index (Phi) is 13.5. The smallest absolute Gasteiger partial charge is 0.373 e. The maximum absolute atomic E-state index is 11.8. The summed E-state index contributed by atoms with van der Waals surface area (Å²) < 4.78 is 4.85. The highest BCUT2D eigenvalue weighted by molar-refractivity contribution is 6.45. The van der Waals surface area contributed by atoms with E-state index in [-0.39, 0.29) is 4.92 Å². The fraction of sp³-hybridized carbons (Fsp3) is 0.923. The summed E-state index contributed by atoms with van der Waals surface area (Å²) in [4.78, 5) is 11.6. The standard InChI is InChI=1S/C13H31B3N4O5/c1-15(21)18-10-4-7-13(20(23)24,6-3-9-14-25-12-17)8-5-11-19-16(2)22/h12,14,17-19,21-22H,3-11H2,1-2H3. The van der Waals surface area contributed by atoms with Crippen molar-refractivity contribution in [2.45, 2.75) is 64.0 Å². The molecule has 0 bridgehead atoms. The van der Waals surface area contributed by atoms with Gasteiger partial charge in [0.25, 0.3) is 0 Å². The lowest BCUT2D eigenvalue weighted by molar-refractivity contribution is -0.574.